The van der Waals surface area contributed by atoms with Crippen molar-refractivity contribution >= 4 is 37.3 Å². The van der Waals surface area contributed by atoms with Gasteiger partial charge in [0, 0.05) is 41.1 Å². The molecule has 0 radical (unpaired) electrons. The summed E-state index contributed by atoms with van der Waals surface area (Å²) in [7, 11) is -8.73. The van der Waals surface area contributed by atoms with Crippen LogP contribution in [0.2, 0.25) is 0 Å². The van der Waals surface area contributed by atoms with Crippen molar-refractivity contribution in [3.8, 4) is 0 Å². The van der Waals surface area contributed by atoms with Crippen molar-refractivity contribution in [2.45, 2.75) is 38.5 Å². The van der Waals surface area contributed by atoms with Crippen LogP contribution in [-0.2, 0) is 31.1 Å². The van der Waals surface area contributed by atoms with E-state index in [0.717, 1.165) is 33.9 Å². The van der Waals surface area contributed by atoms with E-state index in [2.05, 4.69) is 27.7 Å². The number of allylic oxidation sites excluding steroid dienone is 8. The Balaban J connectivity index is 0.00000484. The molecule has 0 aromatic heterocycles. The van der Waals surface area contributed by atoms with Crippen molar-refractivity contribution < 1.29 is 81.9 Å². The van der Waals surface area contributed by atoms with Gasteiger partial charge in [0.1, 0.15) is 10.1 Å². The summed E-state index contributed by atoms with van der Waals surface area (Å²) < 4.78 is 70.0. The molecule has 0 amide bonds. The molecule has 2 aromatic rings. The zero-order valence-corrected chi connectivity index (χ0v) is 29.4. The molecule has 2 aliphatic rings. The topological polar surface area (TPSA) is 121 Å². The van der Waals surface area contributed by atoms with Crippen LogP contribution in [0.5, 0.6) is 0 Å². The molecular formula is C31H35KN2O6S2. The SMILES string of the molecule is CC1(C)C(/C=C/C=C/C=C/C=C2/N(CCS(=O)(=O)[O-])c3ccccc3C2(C)C)=[N+](CCS(=O)(=O)[O-])c2ccccc21.[K+]. The molecule has 0 spiro atoms. The van der Waals surface area contributed by atoms with E-state index in [0.29, 0.717) is 0 Å². The Hall–Kier alpha value is -1.67. The molecule has 0 atom stereocenters. The summed E-state index contributed by atoms with van der Waals surface area (Å²) in [6.45, 7) is 8.42. The van der Waals surface area contributed by atoms with Crippen molar-refractivity contribution in [2.75, 3.05) is 29.5 Å². The quantitative estimate of drug-likeness (QED) is 0.168. The van der Waals surface area contributed by atoms with Gasteiger partial charge < -0.3 is 14.0 Å². The number of hydrogen-bond acceptors (Lipinski definition) is 7. The van der Waals surface area contributed by atoms with E-state index in [1.807, 2.05) is 101 Å². The van der Waals surface area contributed by atoms with Crippen LogP contribution in [0.4, 0.5) is 11.4 Å². The first-order valence-corrected chi connectivity index (χ1v) is 16.5. The van der Waals surface area contributed by atoms with Crippen LogP contribution in [0.3, 0.4) is 0 Å². The number of nitrogens with zero attached hydrogens (tertiary/aromatic N) is 2. The molecule has 2 aromatic carbocycles. The monoisotopic (exact) mass is 634 g/mol. The normalized spacial score (nSPS) is 18.8. The predicted molar refractivity (Wildman–Crippen MR) is 161 cm³/mol. The fourth-order valence-corrected chi connectivity index (χ4v) is 6.47. The molecule has 0 saturated heterocycles. The van der Waals surface area contributed by atoms with Crippen LogP contribution in [0, 0.1) is 0 Å². The Morgan fingerprint density at radius 1 is 0.762 bits per heavy atom. The third kappa shape index (κ3) is 7.88. The second kappa shape index (κ2) is 13.5. The van der Waals surface area contributed by atoms with E-state index in [1.54, 1.807) is 0 Å². The Morgan fingerprint density at radius 3 is 2.00 bits per heavy atom. The minimum Gasteiger partial charge on any atom is -0.748 e. The molecule has 2 heterocycles. The third-order valence-corrected chi connectivity index (χ3v) is 9.05. The molecule has 2 aliphatic heterocycles. The van der Waals surface area contributed by atoms with E-state index in [9.17, 15) is 25.9 Å². The maximum absolute atomic E-state index is 11.4. The molecule has 0 N–H and O–H groups in total. The maximum Gasteiger partial charge on any atom is 1.00 e. The Labute approximate surface area is 292 Å². The summed E-state index contributed by atoms with van der Waals surface area (Å²) in [5, 5.41) is 0. The molecule has 0 fully saturated rings. The average molecular weight is 635 g/mol. The first-order chi connectivity index (χ1) is 19.1. The van der Waals surface area contributed by atoms with Crippen molar-refractivity contribution in [1.82, 2.24) is 0 Å². The number of fused-ring (bicyclic) bond motifs is 2. The zero-order valence-electron chi connectivity index (χ0n) is 24.6. The number of hydrogen-bond donors (Lipinski definition) is 0. The molecular weight excluding hydrogens is 600 g/mol. The van der Waals surface area contributed by atoms with Gasteiger partial charge in [0.15, 0.2) is 12.3 Å². The fraction of sp³-hybridized carbons (Fsp3) is 0.323. The molecule has 0 unspecified atom stereocenters. The maximum atomic E-state index is 11.4. The summed E-state index contributed by atoms with van der Waals surface area (Å²) in [4.78, 5) is 1.89. The van der Waals surface area contributed by atoms with Gasteiger partial charge >= 0.3 is 51.4 Å². The van der Waals surface area contributed by atoms with Gasteiger partial charge in [0.25, 0.3) is 0 Å². The number of para-hydroxylation sites is 2. The minimum absolute atomic E-state index is 0. The van der Waals surface area contributed by atoms with E-state index in [1.165, 1.54) is 0 Å². The molecule has 0 saturated carbocycles. The van der Waals surface area contributed by atoms with Gasteiger partial charge in [-0.1, -0.05) is 80.6 Å². The van der Waals surface area contributed by atoms with Crippen LogP contribution in [-0.4, -0.2) is 60.8 Å². The van der Waals surface area contributed by atoms with Crippen LogP contribution >= 0.6 is 0 Å². The van der Waals surface area contributed by atoms with Crippen molar-refractivity contribution in [2.24, 2.45) is 0 Å². The van der Waals surface area contributed by atoms with Crippen LogP contribution in [0.25, 0.3) is 0 Å². The van der Waals surface area contributed by atoms with Crippen molar-refractivity contribution in [1.29, 1.82) is 0 Å². The first-order valence-electron chi connectivity index (χ1n) is 13.3. The van der Waals surface area contributed by atoms with Gasteiger partial charge in [0.05, 0.1) is 27.0 Å². The number of anilines is 1. The molecule has 11 heteroatoms. The second-order valence-corrected chi connectivity index (χ2v) is 14.2. The smallest absolute Gasteiger partial charge is 0.748 e. The molecule has 218 valence electrons. The van der Waals surface area contributed by atoms with Gasteiger partial charge in [-0.2, -0.15) is 4.58 Å². The first kappa shape index (κ1) is 34.8. The summed E-state index contributed by atoms with van der Waals surface area (Å²) in [5.74, 6) is -0.972. The summed E-state index contributed by atoms with van der Waals surface area (Å²) in [5.41, 5.74) is 4.95. The molecule has 42 heavy (non-hydrogen) atoms. The third-order valence-electron chi connectivity index (χ3n) is 7.68. The van der Waals surface area contributed by atoms with E-state index < -0.39 is 31.7 Å². The standard InChI is InChI=1S/C31H36N2O6S2.K/c1-30(2)24-14-10-12-16-26(24)32(20-22-40(34,35)36)28(30)18-8-6-5-7-9-19-29-31(3,4)25-15-11-13-17-27(25)33(29)21-23-41(37,38)39;/h5-19H,20-23H2,1-4H3,(H-,34,35,36,37,38,39);/q;+1/p-1. The average Bonchev–Trinajstić information content (AvgIpc) is 3.23. The van der Waals surface area contributed by atoms with Gasteiger partial charge in [-0.25, -0.2) is 16.8 Å². The van der Waals surface area contributed by atoms with Crippen LogP contribution in [0.15, 0.2) is 96.8 Å². The summed E-state index contributed by atoms with van der Waals surface area (Å²) in [6, 6.07) is 15.6. The Morgan fingerprint density at radius 2 is 1.33 bits per heavy atom. The summed E-state index contributed by atoms with van der Waals surface area (Å²) in [6.07, 6.45) is 13.2. The molecule has 0 aliphatic carbocycles. The summed E-state index contributed by atoms with van der Waals surface area (Å²) >= 11 is 0. The van der Waals surface area contributed by atoms with Gasteiger partial charge in [-0.3, -0.25) is 0 Å². The fourth-order valence-electron chi connectivity index (χ4n) is 5.66. The van der Waals surface area contributed by atoms with E-state index in [-0.39, 0.29) is 75.3 Å². The Kier molecular flexibility index (Phi) is 11.2. The predicted octanol–water partition coefficient (Wildman–Crippen LogP) is 1.51. The van der Waals surface area contributed by atoms with E-state index >= 15 is 0 Å². The number of rotatable bonds is 10. The van der Waals surface area contributed by atoms with Gasteiger partial charge in [0.2, 0.25) is 5.69 Å². The largest absolute Gasteiger partial charge is 1.00 e. The van der Waals surface area contributed by atoms with Crippen molar-refractivity contribution in [3.05, 3.63) is 108 Å². The second-order valence-electron chi connectivity index (χ2n) is 11.2. The Bertz CT molecular complexity index is 1700. The van der Waals surface area contributed by atoms with E-state index in [4.69, 9.17) is 0 Å². The minimum atomic E-state index is -4.36. The van der Waals surface area contributed by atoms with Gasteiger partial charge in [-0.05, 0) is 31.6 Å². The van der Waals surface area contributed by atoms with Gasteiger partial charge in [-0.15, -0.1) is 0 Å². The molecule has 4 rings (SSSR count). The zero-order chi connectivity index (χ0) is 30.1. The number of benzene rings is 2. The molecule has 0 bridgehead atoms. The molecule has 8 nitrogen and oxygen atoms in total. The van der Waals surface area contributed by atoms with Crippen LogP contribution < -0.4 is 56.3 Å². The van der Waals surface area contributed by atoms with Crippen molar-refractivity contribution in [3.63, 3.8) is 0 Å². The van der Waals surface area contributed by atoms with Crippen LogP contribution in [0.1, 0.15) is 38.8 Å².